The van der Waals surface area contributed by atoms with Crippen molar-refractivity contribution in [3.8, 4) is 0 Å². The third kappa shape index (κ3) is 0.963. The van der Waals surface area contributed by atoms with Crippen LogP contribution in [0, 0.1) is 5.82 Å². The van der Waals surface area contributed by atoms with Gasteiger partial charge >= 0.3 is 0 Å². The Balaban J connectivity index is 2.32. The predicted octanol–water partition coefficient (Wildman–Crippen LogP) is 2.58. The molecule has 1 heterocycles. The van der Waals surface area contributed by atoms with E-state index in [-0.39, 0.29) is 5.82 Å². The molecule has 2 nitrogen and oxygen atoms in total. The van der Waals surface area contributed by atoms with Gasteiger partial charge in [0.25, 0.3) is 0 Å². The lowest BCUT2D eigenvalue weighted by molar-refractivity contribution is 0.636. The number of H-pyrrole nitrogens is 1. The number of hydrogen-bond donors (Lipinski definition) is 1. The fraction of sp³-hybridized carbons (Fsp3) is 0.300. The zero-order chi connectivity index (χ0) is 8.84. The molecule has 0 unspecified atom stereocenters. The van der Waals surface area contributed by atoms with Crippen LogP contribution in [-0.4, -0.2) is 10.2 Å². The van der Waals surface area contributed by atoms with Gasteiger partial charge in [0, 0.05) is 17.0 Å². The van der Waals surface area contributed by atoms with Crippen molar-refractivity contribution >= 4 is 10.9 Å². The van der Waals surface area contributed by atoms with Gasteiger partial charge in [-0.25, -0.2) is 4.39 Å². The molecule has 1 saturated carbocycles. The Bertz CT molecular complexity index is 457. The number of aromatic amines is 1. The summed E-state index contributed by atoms with van der Waals surface area (Å²) in [5.41, 5.74) is 1.58. The molecule has 2 aromatic rings. The van der Waals surface area contributed by atoms with Gasteiger partial charge < -0.3 is 0 Å². The molecular weight excluding hydrogens is 167 g/mol. The molecule has 0 aliphatic heterocycles. The number of halogens is 1. The smallest absolute Gasteiger partial charge is 0.151 e. The van der Waals surface area contributed by atoms with Gasteiger partial charge in [-0.05, 0) is 18.9 Å². The topological polar surface area (TPSA) is 28.7 Å². The van der Waals surface area contributed by atoms with E-state index in [9.17, 15) is 4.39 Å². The summed E-state index contributed by atoms with van der Waals surface area (Å²) >= 11 is 0. The molecular formula is C10H9FN2. The van der Waals surface area contributed by atoms with E-state index in [0.29, 0.717) is 11.4 Å². The number of hydrogen-bond acceptors (Lipinski definition) is 1. The predicted molar refractivity (Wildman–Crippen MR) is 48.0 cm³/mol. The van der Waals surface area contributed by atoms with Gasteiger partial charge in [0.15, 0.2) is 5.82 Å². The fourth-order valence-electron chi connectivity index (χ4n) is 1.71. The molecule has 0 spiro atoms. The van der Waals surface area contributed by atoms with Crippen molar-refractivity contribution in [2.24, 2.45) is 0 Å². The van der Waals surface area contributed by atoms with Gasteiger partial charge in [-0.15, -0.1) is 0 Å². The highest BCUT2D eigenvalue weighted by Crippen LogP contribution is 2.41. The second kappa shape index (κ2) is 2.31. The Labute approximate surface area is 74.8 Å². The molecule has 1 aliphatic carbocycles. The second-order valence-corrected chi connectivity index (χ2v) is 3.55. The van der Waals surface area contributed by atoms with Crippen LogP contribution >= 0.6 is 0 Å². The molecule has 0 amide bonds. The highest BCUT2D eigenvalue weighted by atomic mass is 19.1. The Hall–Kier alpha value is -1.38. The summed E-state index contributed by atoms with van der Waals surface area (Å²) in [4.78, 5) is 0. The van der Waals surface area contributed by atoms with Gasteiger partial charge in [-0.3, -0.25) is 5.10 Å². The molecule has 0 radical (unpaired) electrons. The minimum Gasteiger partial charge on any atom is -0.281 e. The monoisotopic (exact) mass is 176 g/mol. The first-order valence-electron chi connectivity index (χ1n) is 4.49. The largest absolute Gasteiger partial charge is 0.281 e. The average Bonchev–Trinajstić information content (AvgIpc) is 2.87. The van der Waals surface area contributed by atoms with Crippen LogP contribution in [-0.2, 0) is 0 Å². The first-order valence-corrected chi connectivity index (χ1v) is 4.49. The Morgan fingerprint density at radius 1 is 1.38 bits per heavy atom. The molecule has 1 fully saturated rings. The van der Waals surface area contributed by atoms with Gasteiger partial charge in [0.1, 0.15) is 5.52 Å². The highest BCUT2D eigenvalue weighted by Gasteiger charge is 2.27. The van der Waals surface area contributed by atoms with Crippen molar-refractivity contribution < 1.29 is 4.39 Å². The number of para-hydroxylation sites is 1. The maximum atomic E-state index is 13.2. The summed E-state index contributed by atoms with van der Waals surface area (Å²) in [5, 5.41) is 7.85. The summed E-state index contributed by atoms with van der Waals surface area (Å²) in [6.07, 6.45) is 2.40. The van der Waals surface area contributed by atoms with Crippen LogP contribution in [0.2, 0.25) is 0 Å². The van der Waals surface area contributed by atoms with Crippen molar-refractivity contribution in [2.45, 2.75) is 18.8 Å². The van der Waals surface area contributed by atoms with Crippen LogP contribution in [0.25, 0.3) is 10.9 Å². The maximum absolute atomic E-state index is 13.2. The van der Waals surface area contributed by atoms with Crippen molar-refractivity contribution in [1.29, 1.82) is 0 Å². The lowest BCUT2D eigenvalue weighted by Gasteiger charge is -1.92. The third-order valence-electron chi connectivity index (χ3n) is 2.55. The molecule has 13 heavy (non-hydrogen) atoms. The SMILES string of the molecule is Fc1cccc2c(C3CC3)[nH]nc12. The fourth-order valence-corrected chi connectivity index (χ4v) is 1.71. The van der Waals surface area contributed by atoms with Crippen LogP contribution in [0.4, 0.5) is 4.39 Å². The van der Waals surface area contributed by atoms with Gasteiger partial charge in [0.2, 0.25) is 0 Å². The Morgan fingerprint density at radius 3 is 3.00 bits per heavy atom. The van der Waals surface area contributed by atoms with Crippen LogP contribution in [0.15, 0.2) is 18.2 Å². The minimum atomic E-state index is -0.236. The molecule has 0 bridgehead atoms. The molecule has 0 saturated heterocycles. The van der Waals surface area contributed by atoms with E-state index in [1.165, 1.54) is 18.9 Å². The van der Waals surface area contributed by atoms with E-state index in [4.69, 9.17) is 0 Å². The average molecular weight is 176 g/mol. The summed E-state index contributed by atoms with van der Waals surface area (Å²) in [5.74, 6) is 0.354. The number of nitrogens with one attached hydrogen (secondary N) is 1. The van der Waals surface area contributed by atoms with Crippen molar-refractivity contribution in [2.75, 3.05) is 0 Å². The molecule has 1 aliphatic rings. The first kappa shape index (κ1) is 7.06. The summed E-state index contributed by atoms with van der Waals surface area (Å²) < 4.78 is 13.2. The number of benzene rings is 1. The Morgan fingerprint density at radius 2 is 2.23 bits per heavy atom. The van der Waals surface area contributed by atoms with E-state index in [0.717, 1.165) is 11.1 Å². The molecule has 1 aromatic carbocycles. The molecule has 1 aromatic heterocycles. The third-order valence-corrected chi connectivity index (χ3v) is 2.55. The minimum absolute atomic E-state index is 0.236. The highest BCUT2D eigenvalue weighted by molar-refractivity contribution is 5.82. The van der Waals surface area contributed by atoms with E-state index >= 15 is 0 Å². The molecule has 3 heteroatoms. The molecule has 3 rings (SSSR count). The summed E-state index contributed by atoms with van der Waals surface area (Å²) in [6.45, 7) is 0. The number of nitrogens with zero attached hydrogens (tertiary/aromatic N) is 1. The van der Waals surface area contributed by atoms with E-state index < -0.39 is 0 Å². The molecule has 66 valence electrons. The first-order chi connectivity index (χ1) is 6.36. The number of aromatic nitrogens is 2. The van der Waals surface area contributed by atoms with Crippen LogP contribution in [0.3, 0.4) is 0 Å². The van der Waals surface area contributed by atoms with E-state index in [2.05, 4.69) is 10.2 Å². The summed E-state index contributed by atoms with van der Waals surface area (Å²) in [7, 11) is 0. The van der Waals surface area contributed by atoms with Crippen LogP contribution in [0.5, 0.6) is 0 Å². The Kier molecular flexibility index (Phi) is 1.26. The van der Waals surface area contributed by atoms with Gasteiger partial charge in [-0.1, -0.05) is 12.1 Å². The second-order valence-electron chi connectivity index (χ2n) is 3.55. The quantitative estimate of drug-likeness (QED) is 0.710. The standard InChI is InChI=1S/C10H9FN2/c11-8-3-1-2-7-9(6-4-5-6)12-13-10(7)8/h1-3,6H,4-5H2,(H,12,13). The van der Waals surface area contributed by atoms with Gasteiger partial charge in [0.05, 0.1) is 0 Å². The zero-order valence-corrected chi connectivity index (χ0v) is 7.05. The molecule has 1 N–H and O–H groups in total. The normalized spacial score (nSPS) is 16.7. The van der Waals surface area contributed by atoms with Crippen LogP contribution < -0.4 is 0 Å². The molecule has 0 atom stereocenters. The lowest BCUT2D eigenvalue weighted by Crippen LogP contribution is -1.79. The zero-order valence-electron chi connectivity index (χ0n) is 7.05. The summed E-state index contributed by atoms with van der Waals surface area (Å²) in [6, 6.07) is 5.11. The number of fused-ring (bicyclic) bond motifs is 1. The van der Waals surface area contributed by atoms with Crippen molar-refractivity contribution in [1.82, 2.24) is 10.2 Å². The maximum Gasteiger partial charge on any atom is 0.151 e. The van der Waals surface area contributed by atoms with Crippen molar-refractivity contribution in [3.05, 3.63) is 29.7 Å². The number of rotatable bonds is 1. The van der Waals surface area contributed by atoms with Crippen molar-refractivity contribution in [3.63, 3.8) is 0 Å². The van der Waals surface area contributed by atoms with Gasteiger partial charge in [-0.2, -0.15) is 5.10 Å². The van der Waals surface area contributed by atoms with E-state index in [1.54, 1.807) is 6.07 Å². The van der Waals surface area contributed by atoms with E-state index in [1.807, 2.05) is 6.07 Å². The lowest BCUT2D eigenvalue weighted by atomic mass is 10.1. The van der Waals surface area contributed by atoms with Crippen LogP contribution in [0.1, 0.15) is 24.5 Å².